The number of anilines is 1. The van der Waals surface area contributed by atoms with Gasteiger partial charge in [0.25, 0.3) is 11.8 Å². The van der Waals surface area contributed by atoms with Crippen LogP contribution in [-0.4, -0.2) is 43.0 Å². The molecule has 1 fully saturated rings. The first-order valence-electron chi connectivity index (χ1n) is 8.54. The lowest BCUT2D eigenvalue weighted by Crippen LogP contribution is -2.43. The Bertz CT molecular complexity index is 952. The summed E-state index contributed by atoms with van der Waals surface area (Å²) in [5.74, 6) is -0.840. The smallest absolute Gasteiger partial charge is 0.267 e. The highest BCUT2D eigenvalue weighted by Gasteiger charge is 2.37. The third-order valence-electron chi connectivity index (χ3n) is 4.61. The Morgan fingerprint density at radius 1 is 0.889 bits per heavy atom. The molecule has 0 saturated carbocycles. The lowest BCUT2D eigenvalue weighted by atomic mass is 9.93. The van der Waals surface area contributed by atoms with Crippen LogP contribution in [0.2, 0.25) is 10.0 Å². The lowest BCUT2D eigenvalue weighted by molar-refractivity contribution is -0.112. The molecule has 7 heteroatoms. The van der Waals surface area contributed by atoms with Crippen molar-refractivity contribution in [1.82, 2.24) is 4.90 Å². The first-order valence-corrected chi connectivity index (χ1v) is 9.29. The second-order valence-corrected chi connectivity index (χ2v) is 7.04. The van der Waals surface area contributed by atoms with Gasteiger partial charge in [-0.1, -0.05) is 47.5 Å². The average Bonchev–Trinajstić information content (AvgIpc) is 2.69. The highest BCUT2D eigenvalue weighted by Crippen LogP contribution is 2.38. The van der Waals surface area contributed by atoms with Gasteiger partial charge in [-0.05, 0) is 18.2 Å². The van der Waals surface area contributed by atoms with E-state index < -0.39 is 11.8 Å². The highest BCUT2D eigenvalue weighted by molar-refractivity contribution is 6.47. The Kier molecular flexibility index (Phi) is 4.91. The fraction of sp³-hybridized carbons (Fsp3) is 0.200. The van der Waals surface area contributed by atoms with Gasteiger partial charge in [-0.2, -0.15) is 0 Å². The molecule has 0 radical (unpaired) electrons. The van der Waals surface area contributed by atoms with Gasteiger partial charge in [0.2, 0.25) is 0 Å². The molecule has 2 heterocycles. The predicted molar refractivity (Wildman–Crippen MR) is 105 cm³/mol. The summed E-state index contributed by atoms with van der Waals surface area (Å²) in [7, 11) is 0. The number of morpholine rings is 1. The van der Waals surface area contributed by atoms with Gasteiger partial charge in [0.1, 0.15) is 0 Å². The predicted octanol–water partition coefficient (Wildman–Crippen LogP) is 3.85. The molecule has 27 heavy (non-hydrogen) atoms. The van der Waals surface area contributed by atoms with Gasteiger partial charge in [-0.25, -0.2) is 4.90 Å². The summed E-state index contributed by atoms with van der Waals surface area (Å²) in [6.45, 7) is 2.57. The van der Waals surface area contributed by atoms with E-state index in [1.165, 1.54) is 0 Å². The van der Waals surface area contributed by atoms with Crippen molar-refractivity contribution in [2.45, 2.75) is 0 Å². The molecule has 2 amide bonds. The fourth-order valence-corrected chi connectivity index (χ4v) is 3.63. The number of hydrogen-bond acceptors (Lipinski definition) is 4. The van der Waals surface area contributed by atoms with E-state index in [4.69, 9.17) is 27.9 Å². The minimum Gasteiger partial charge on any atom is -0.378 e. The number of fused-ring (bicyclic) bond motifs is 1. The van der Waals surface area contributed by atoms with E-state index in [0.29, 0.717) is 43.0 Å². The largest absolute Gasteiger partial charge is 0.378 e. The van der Waals surface area contributed by atoms with Gasteiger partial charge in [0, 0.05) is 30.4 Å². The zero-order chi connectivity index (χ0) is 19.0. The summed E-state index contributed by atoms with van der Waals surface area (Å²) >= 11 is 12.4. The first kappa shape index (κ1) is 18.0. The molecule has 0 aromatic heterocycles. The van der Waals surface area contributed by atoms with Crippen LogP contribution in [0.15, 0.2) is 48.7 Å². The molecule has 2 aliphatic rings. The molecule has 0 unspecified atom stereocenters. The fourth-order valence-electron chi connectivity index (χ4n) is 3.25. The topological polar surface area (TPSA) is 49.9 Å². The first-order chi connectivity index (χ1) is 13.1. The average molecular weight is 403 g/mol. The molecule has 0 N–H and O–H groups in total. The minimum absolute atomic E-state index is 0.172. The number of carbonyl (C=O) groups is 2. The van der Waals surface area contributed by atoms with E-state index in [0.717, 1.165) is 4.90 Å². The van der Waals surface area contributed by atoms with Crippen LogP contribution in [0, 0.1) is 0 Å². The van der Waals surface area contributed by atoms with Crippen LogP contribution < -0.4 is 4.90 Å². The van der Waals surface area contributed by atoms with Gasteiger partial charge in [-0.15, -0.1) is 0 Å². The number of carbonyl (C=O) groups excluding carboxylic acids is 2. The number of amides is 2. The lowest BCUT2D eigenvalue weighted by Gasteiger charge is -2.32. The number of rotatable bonds is 2. The van der Waals surface area contributed by atoms with Crippen LogP contribution in [0.4, 0.5) is 5.69 Å². The van der Waals surface area contributed by atoms with E-state index in [9.17, 15) is 9.59 Å². The summed E-state index contributed by atoms with van der Waals surface area (Å²) in [5, 5.41) is 0.457. The van der Waals surface area contributed by atoms with Gasteiger partial charge < -0.3 is 9.64 Å². The maximum absolute atomic E-state index is 13.3. The minimum atomic E-state index is -0.422. The van der Waals surface area contributed by atoms with Crippen molar-refractivity contribution in [2.75, 3.05) is 31.2 Å². The maximum atomic E-state index is 13.3. The van der Waals surface area contributed by atoms with Crippen molar-refractivity contribution in [3.8, 4) is 0 Å². The number of nitrogens with zero attached hydrogens (tertiary/aromatic N) is 2. The van der Waals surface area contributed by atoms with Gasteiger partial charge in [-0.3, -0.25) is 9.59 Å². The van der Waals surface area contributed by atoms with Crippen LogP contribution in [0.1, 0.15) is 15.9 Å². The summed E-state index contributed by atoms with van der Waals surface area (Å²) in [6.07, 6.45) is 1.81. The zero-order valence-corrected chi connectivity index (χ0v) is 15.8. The molecule has 5 nitrogen and oxygen atoms in total. The van der Waals surface area contributed by atoms with Crippen LogP contribution in [-0.2, 0) is 9.53 Å². The third-order valence-corrected chi connectivity index (χ3v) is 5.42. The van der Waals surface area contributed by atoms with Crippen molar-refractivity contribution in [3.05, 3.63) is 69.8 Å². The van der Waals surface area contributed by atoms with Crippen molar-refractivity contribution in [2.24, 2.45) is 0 Å². The maximum Gasteiger partial charge on any atom is 0.267 e. The molecule has 2 aromatic carbocycles. The summed E-state index contributed by atoms with van der Waals surface area (Å²) < 4.78 is 5.37. The Hall–Kier alpha value is -2.34. The van der Waals surface area contributed by atoms with Crippen molar-refractivity contribution in [3.63, 3.8) is 0 Å². The number of hydrogen-bond donors (Lipinski definition) is 0. The molecule has 0 aliphatic carbocycles. The molecule has 0 bridgehead atoms. The Labute approximate surface area is 166 Å². The summed E-state index contributed by atoms with van der Waals surface area (Å²) in [6, 6.07) is 12.0. The van der Waals surface area contributed by atoms with E-state index >= 15 is 0 Å². The number of imide groups is 1. The molecule has 138 valence electrons. The van der Waals surface area contributed by atoms with E-state index in [2.05, 4.69) is 0 Å². The number of ether oxygens (including phenoxy) is 1. The van der Waals surface area contributed by atoms with Crippen LogP contribution >= 0.6 is 23.2 Å². The normalized spacial score (nSPS) is 18.8. The number of halogens is 2. The molecule has 2 aromatic rings. The second-order valence-electron chi connectivity index (χ2n) is 6.26. The van der Waals surface area contributed by atoms with Crippen LogP contribution in [0.5, 0.6) is 0 Å². The quantitative estimate of drug-likeness (QED) is 0.565. The standard InChI is InChI=1S/C20H16Cl2N2O3/c21-16-6-3-7-17(18(16)22)24-19(25)14-5-2-1-4-13(14)15(20(24)26)12-23-8-10-27-11-9-23/h1-7,12H,8-11H2/b15-12-. The van der Waals surface area contributed by atoms with Gasteiger partial charge in [0.05, 0.1) is 34.5 Å². The third kappa shape index (κ3) is 3.23. The van der Waals surface area contributed by atoms with Crippen molar-refractivity contribution < 1.29 is 14.3 Å². The Balaban J connectivity index is 1.86. The Morgan fingerprint density at radius 3 is 2.33 bits per heavy atom. The summed E-state index contributed by atoms with van der Waals surface area (Å²) in [5.41, 5.74) is 1.80. The molecule has 1 saturated heterocycles. The monoisotopic (exact) mass is 402 g/mol. The van der Waals surface area contributed by atoms with Gasteiger partial charge in [0.15, 0.2) is 0 Å². The van der Waals surface area contributed by atoms with Crippen molar-refractivity contribution in [1.29, 1.82) is 0 Å². The van der Waals surface area contributed by atoms with Gasteiger partial charge >= 0.3 is 0 Å². The van der Waals surface area contributed by atoms with E-state index in [-0.39, 0.29) is 15.7 Å². The Morgan fingerprint density at radius 2 is 1.59 bits per heavy atom. The molecular formula is C20H16Cl2N2O3. The molecule has 4 rings (SSSR count). The van der Waals surface area contributed by atoms with E-state index in [1.54, 1.807) is 36.4 Å². The highest BCUT2D eigenvalue weighted by atomic mass is 35.5. The number of benzene rings is 2. The van der Waals surface area contributed by atoms with Crippen LogP contribution in [0.25, 0.3) is 5.57 Å². The van der Waals surface area contributed by atoms with E-state index in [1.807, 2.05) is 17.2 Å². The van der Waals surface area contributed by atoms with Crippen LogP contribution in [0.3, 0.4) is 0 Å². The molecule has 0 atom stereocenters. The molecule has 0 spiro atoms. The zero-order valence-electron chi connectivity index (χ0n) is 14.3. The molecule has 2 aliphatic heterocycles. The molecular weight excluding hydrogens is 387 g/mol. The summed E-state index contributed by atoms with van der Waals surface area (Å²) in [4.78, 5) is 29.5. The van der Waals surface area contributed by atoms with Crippen molar-refractivity contribution >= 4 is 46.3 Å². The SMILES string of the molecule is O=C1/C(=C\N2CCOCC2)c2ccccc2C(=O)N1c1cccc(Cl)c1Cl. The second kappa shape index (κ2) is 7.35.